The molecule has 1 aliphatic rings. The lowest BCUT2D eigenvalue weighted by Gasteiger charge is -2.43. The summed E-state index contributed by atoms with van der Waals surface area (Å²) in [5.41, 5.74) is -0.756. The summed E-state index contributed by atoms with van der Waals surface area (Å²) >= 11 is 1.52. The van der Waals surface area contributed by atoms with Crippen LogP contribution in [0.4, 0.5) is 0 Å². The first-order valence-electron chi connectivity index (χ1n) is 5.85. The van der Waals surface area contributed by atoms with Gasteiger partial charge in [0.05, 0.1) is 23.6 Å². The van der Waals surface area contributed by atoms with E-state index in [1.54, 1.807) is 11.8 Å². The monoisotopic (exact) mass is 279 g/mol. The summed E-state index contributed by atoms with van der Waals surface area (Å²) in [6, 6.07) is 3.81. The number of likely N-dealkylation sites (tertiary alicyclic amines) is 1. The minimum absolute atomic E-state index is 0.0501. The number of carbonyl (C=O) groups is 1. The highest BCUT2D eigenvalue weighted by atomic mass is 32.1. The van der Waals surface area contributed by atoms with Crippen LogP contribution in [0.1, 0.15) is 6.92 Å². The molecule has 1 aliphatic heterocycles. The predicted octanol–water partition coefficient (Wildman–Crippen LogP) is -0.00520. The molecule has 2 aromatic rings. The Morgan fingerprint density at radius 2 is 2.37 bits per heavy atom. The molecule has 2 aromatic heterocycles. The normalized spacial score (nSPS) is 17.3. The third-order valence-electron chi connectivity index (χ3n) is 2.89. The first kappa shape index (κ1) is 12.2. The number of amides is 1. The Kier molecular flexibility index (Phi) is 2.83. The Morgan fingerprint density at radius 1 is 1.58 bits per heavy atom. The van der Waals surface area contributed by atoms with E-state index in [-0.39, 0.29) is 12.5 Å². The van der Waals surface area contributed by atoms with Gasteiger partial charge >= 0.3 is 0 Å². The lowest BCUT2D eigenvalue weighted by molar-refractivity contribution is -0.153. The molecule has 1 fully saturated rings. The van der Waals surface area contributed by atoms with Crippen LogP contribution in [-0.2, 0) is 11.3 Å². The van der Waals surface area contributed by atoms with Crippen LogP contribution < -0.4 is 0 Å². The molecule has 7 nitrogen and oxygen atoms in total. The topological polar surface area (TPSA) is 84.1 Å². The minimum Gasteiger partial charge on any atom is -0.386 e. The number of aromatic nitrogens is 4. The number of hydrogen-bond donors (Lipinski definition) is 1. The average Bonchev–Trinajstić information content (AvgIpc) is 2.94. The van der Waals surface area contributed by atoms with Gasteiger partial charge in [-0.1, -0.05) is 6.07 Å². The van der Waals surface area contributed by atoms with Crippen molar-refractivity contribution < 1.29 is 9.90 Å². The maximum absolute atomic E-state index is 11.9. The fraction of sp³-hybridized carbons (Fsp3) is 0.455. The van der Waals surface area contributed by atoms with Gasteiger partial charge in [0.2, 0.25) is 11.7 Å². The molecule has 0 unspecified atom stereocenters. The average molecular weight is 279 g/mol. The first-order chi connectivity index (χ1) is 9.03. The van der Waals surface area contributed by atoms with Crippen LogP contribution in [0.5, 0.6) is 0 Å². The maximum atomic E-state index is 11.9. The SMILES string of the molecule is CC1(O)CN(C(=O)Cn2nnc(-c3cccs3)n2)C1. The number of hydrogen-bond acceptors (Lipinski definition) is 6. The van der Waals surface area contributed by atoms with Crippen molar-refractivity contribution >= 4 is 17.2 Å². The Morgan fingerprint density at radius 3 is 3.00 bits per heavy atom. The number of rotatable bonds is 3. The van der Waals surface area contributed by atoms with Crippen LogP contribution in [0.15, 0.2) is 17.5 Å². The highest BCUT2D eigenvalue weighted by molar-refractivity contribution is 7.13. The van der Waals surface area contributed by atoms with Crippen molar-refractivity contribution in [1.82, 2.24) is 25.1 Å². The lowest BCUT2D eigenvalue weighted by atomic mass is 9.97. The van der Waals surface area contributed by atoms with E-state index in [1.807, 2.05) is 17.5 Å². The Hall–Kier alpha value is -1.80. The molecule has 1 saturated heterocycles. The van der Waals surface area contributed by atoms with Crippen molar-refractivity contribution in [2.75, 3.05) is 13.1 Å². The van der Waals surface area contributed by atoms with Crippen molar-refractivity contribution in [1.29, 1.82) is 0 Å². The molecule has 0 radical (unpaired) electrons. The van der Waals surface area contributed by atoms with Crippen LogP contribution in [0.3, 0.4) is 0 Å². The van der Waals surface area contributed by atoms with E-state index in [0.29, 0.717) is 18.9 Å². The Balaban J connectivity index is 1.63. The molecule has 0 spiro atoms. The summed E-state index contributed by atoms with van der Waals surface area (Å²) in [5.74, 6) is 0.417. The zero-order chi connectivity index (χ0) is 13.5. The third-order valence-corrected chi connectivity index (χ3v) is 3.75. The van der Waals surface area contributed by atoms with Gasteiger partial charge in [-0.2, -0.15) is 4.80 Å². The van der Waals surface area contributed by atoms with E-state index in [2.05, 4.69) is 15.4 Å². The molecule has 0 saturated carbocycles. The molecule has 19 heavy (non-hydrogen) atoms. The molecule has 0 aromatic carbocycles. The standard InChI is InChI=1S/C11H13N5O2S/c1-11(18)6-15(7-11)9(17)5-16-13-10(12-14-16)8-3-2-4-19-8/h2-4,18H,5-7H2,1H3. The second-order valence-electron chi connectivity index (χ2n) is 4.87. The van der Waals surface area contributed by atoms with Crippen LogP contribution >= 0.6 is 11.3 Å². The van der Waals surface area contributed by atoms with Gasteiger partial charge in [0, 0.05) is 0 Å². The van der Waals surface area contributed by atoms with Crippen LogP contribution in [0.2, 0.25) is 0 Å². The number of β-amino-alcohol motifs (C(OH)–C–C–N with tert-alkyl or cyclic N) is 1. The second kappa shape index (κ2) is 4.39. The van der Waals surface area contributed by atoms with Crippen molar-refractivity contribution in [2.45, 2.75) is 19.1 Å². The second-order valence-corrected chi connectivity index (χ2v) is 5.82. The molecule has 8 heteroatoms. The third kappa shape index (κ3) is 2.49. The minimum atomic E-state index is -0.756. The number of tetrazole rings is 1. The molecular formula is C11H13N5O2S. The van der Waals surface area contributed by atoms with Crippen LogP contribution in [0.25, 0.3) is 10.7 Å². The smallest absolute Gasteiger partial charge is 0.246 e. The number of carbonyl (C=O) groups excluding carboxylic acids is 1. The van der Waals surface area contributed by atoms with Gasteiger partial charge in [0.15, 0.2) is 0 Å². The quantitative estimate of drug-likeness (QED) is 0.854. The fourth-order valence-corrected chi connectivity index (χ4v) is 2.64. The van der Waals surface area contributed by atoms with Crippen molar-refractivity contribution in [3.8, 4) is 10.7 Å². The summed E-state index contributed by atoms with van der Waals surface area (Å²) in [6.07, 6.45) is 0. The van der Waals surface area contributed by atoms with Crippen LogP contribution in [0, 0.1) is 0 Å². The van der Waals surface area contributed by atoms with Crippen molar-refractivity contribution in [2.24, 2.45) is 0 Å². The summed E-state index contributed by atoms with van der Waals surface area (Å²) in [7, 11) is 0. The van der Waals surface area contributed by atoms with E-state index in [4.69, 9.17) is 0 Å². The van der Waals surface area contributed by atoms with Crippen molar-refractivity contribution in [3.63, 3.8) is 0 Å². The van der Waals surface area contributed by atoms with Crippen molar-refractivity contribution in [3.05, 3.63) is 17.5 Å². The maximum Gasteiger partial charge on any atom is 0.246 e. The van der Waals surface area contributed by atoms with Gasteiger partial charge in [-0.3, -0.25) is 4.79 Å². The zero-order valence-electron chi connectivity index (χ0n) is 10.4. The Bertz CT molecular complexity index is 584. The molecule has 100 valence electrons. The molecule has 0 bridgehead atoms. The summed E-state index contributed by atoms with van der Waals surface area (Å²) in [6.45, 7) is 2.48. The number of nitrogens with zero attached hydrogens (tertiary/aromatic N) is 5. The highest BCUT2D eigenvalue weighted by Crippen LogP contribution is 2.21. The lowest BCUT2D eigenvalue weighted by Crippen LogP contribution is -2.62. The van der Waals surface area contributed by atoms with Gasteiger partial charge < -0.3 is 10.0 Å². The zero-order valence-corrected chi connectivity index (χ0v) is 11.2. The number of aliphatic hydroxyl groups is 1. The van der Waals surface area contributed by atoms with Gasteiger partial charge in [0.25, 0.3) is 0 Å². The van der Waals surface area contributed by atoms with E-state index in [1.165, 1.54) is 16.1 Å². The summed E-state index contributed by atoms with van der Waals surface area (Å²) in [4.78, 5) is 15.6. The largest absolute Gasteiger partial charge is 0.386 e. The molecule has 1 amide bonds. The van der Waals surface area contributed by atoms with E-state index in [0.717, 1.165) is 4.88 Å². The highest BCUT2D eigenvalue weighted by Gasteiger charge is 2.39. The van der Waals surface area contributed by atoms with E-state index >= 15 is 0 Å². The van der Waals surface area contributed by atoms with Gasteiger partial charge in [-0.25, -0.2) is 0 Å². The van der Waals surface area contributed by atoms with Gasteiger partial charge in [-0.15, -0.1) is 21.5 Å². The molecule has 1 N–H and O–H groups in total. The molecule has 3 heterocycles. The van der Waals surface area contributed by atoms with Crippen LogP contribution in [-0.4, -0.2) is 54.8 Å². The molecular weight excluding hydrogens is 266 g/mol. The molecule has 0 atom stereocenters. The Labute approximate surface area is 113 Å². The van der Waals surface area contributed by atoms with Gasteiger partial charge in [-0.05, 0) is 23.6 Å². The predicted molar refractivity (Wildman–Crippen MR) is 68.3 cm³/mol. The molecule has 3 rings (SSSR count). The first-order valence-corrected chi connectivity index (χ1v) is 6.73. The molecule has 0 aliphatic carbocycles. The fourth-order valence-electron chi connectivity index (χ4n) is 1.99. The van der Waals surface area contributed by atoms with E-state index in [9.17, 15) is 9.90 Å². The van der Waals surface area contributed by atoms with Gasteiger partial charge in [0.1, 0.15) is 6.54 Å². The van der Waals surface area contributed by atoms with E-state index < -0.39 is 5.60 Å². The number of thiophene rings is 1. The summed E-state index contributed by atoms with van der Waals surface area (Å²) < 4.78 is 0. The summed E-state index contributed by atoms with van der Waals surface area (Å²) in [5, 5.41) is 23.5.